The Balaban J connectivity index is 1.73. The van der Waals surface area contributed by atoms with Gasteiger partial charge in [-0.15, -0.1) is 0 Å². The van der Waals surface area contributed by atoms with E-state index in [1.807, 2.05) is 0 Å². The zero-order valence-electron chi connectivity index (χ0n) is 13.8. The van der Waals surface area contributed by atoms with E-state index in [1.165, 1.54) is 17.0 Å². The zero-order valence-corrected chi connectivity index (χ0v) is 13.8. The number of likely N-dealkylation sites (tertiary alicyclic amines) is 1. The summed E-state index contributed by atoms with van der Waals surface area (Å²) < 4.78 is 0. The number of carboxylic acid groups (broad SMARTS) is 1. The number of rotatable bonds is 5. The highest BCUT2D eigenvalue weighted by Crippen LogP contribution is 2.39. The predicted octanol–water partition coefficient (Wildman–Crippen LogP) is 2.25. The second kappa shape index (κ2) is 7.08. The molecule has 134 valence electrons. The zero-order chi connectivity index (χ0) is 18.0. The van der Waals surface area contributed by atoms with Crippen LogP contribution < -0.4 is 5.32 Å². The van der Waals surface area contributed by atoms with Gasteiger partial charge in [0.25, 0.3) is 5.69 Å². The van der Waals surface area contributed by atoms with E-state index in [1.54, 1.807) is 12.1 Å². The molecule has 0 bridgehead atoms. The van der Waals surface area contributed by atoms with Gasteiger partial charge in [-0.05, 0) is 31.2 Å². The third-order valence-electron chi connectivity index (χ3n) is 5.19. The SMILES string of the molecule is O=C(O)C1CC2CCCCC2N1C(=O)CNc1ccccc1[N+](=O)[O-]. The summed E-state index contributed by atoms with van der Waals surface area (Å²) in [6.07, 6.45) is 4.34. The van der Waals surface area contributed by atoms with Gasteiger partial charge in [0, 0.05) is 12.1 Å². The molecule has 2 aliphatic rings. The van der Waals surface area contributed by atoms with Crippen LogP contribution in [0, 0.1) is 16.0 Å². The number of para-hydroxylation sites is 2. The number of aliphatic carboxylic acids is 1. The molecule has 8 nitrogen and oxygen atoms in total. The lowest BCUT2D eigenvalue weighted by atomic mass is 9.85. The third kappa shape index (κ3) is 3.42. The normalized spacial score (nSPS) is 25.3. The molecular formula is C17H21N3O5. The molecule has 1 aliphatic carbocycles. The van der Waals surface area contributed by atoms with Gasteiger partial charge in [0.1, 0.15) is 11.7 Å². The maximum absolute atomic E-state index is 12.7. The molecular weight excluding hydrogens is 326 g/mol. The molecule has 3 unspecified atom stereocenters. The number of benzene rings is 1. The Morgan fingerprint density at radius 3 is 2.72 bits per heavy atom. The summed E-state index contributed by atoms with van der Waals surface area (Å²) in [6, 6.07) is 5.27. The van der Waals surface area contributed by atoms with Gasteiger partial charge in [-0.2, -0.15) is 0 Å². The number of carboxylic acids is 1. The first-order valence-electron chi connectivity index (χ1n) is 8.50. The molecule has 2 fully saturated rings. The second-order valence-electron chi connectivity index (χ2n) is 6.63. The van der Waals surface area contributed by atoms with Crippen molar-refractivity contribution in [3.8, 4) is 0 Å². The lowest BCUT2D eigenvalue weighted by Gasteiger charge is -2.33. The number of nitrogens with zero attached hydrogens (tertiary/aromatic N) is 2. The molecule has 1 aliphatic heterocycles. The largest absolute Gasteiger partial charge is 0.480 e. The number of nitro benzene ring substituents is 1. The van der Waals surface area contributed by atoms with Gasteiger partial charge in [0.2, 0.25) is 5.91 Å². The van der Waals surface area contributed by atoms with Gasteiger partial charge < -0.3 is 15.3 Å². The van der Waals surface area contributed by atoms with Crippen LogP contribution in [0.4, 0.5) is 11.4 Å². The van der Waals surface area contributed by atoms with E-state index in [4.69, 9.17) is 0 Å². The van der Waals surface area contributed by atoms with E-state index in [0.717, 1.165) is 25.7 Å². The highest BCUT2D eigenvalue weighted by atomic mass is 16.6. The summed E-state index contributed by atoms with van der Waals surface area (Å²) in [6.45, 7) is -0.155. The number of hydrogen-bond donors (Lipinski definition) is 2. The standard InChI is InChI=1S/C17H21N3O5/c21-16(10-18-12-6-2-4-8-14(12)20(24)25)19-13-7-3-1-5-11(13)9-15(19)17(22)23/h2,4,6,8,11,13,15,18H,1,3,5,7,9-10H2,(H,22,23). The van der Waals surface area contributed by atoms with Gasteiger partial charge in [-0.3, -0.25) is 14.9 Å². The van der Waals surface area contributed by atoms with Gasteiger partial charge in [0.05, 0.1) is 11.5 Å². The Labute approximate surface area is 145 Å². The fourth-order valence-electron chi connectivity index (χ4n) is 4.08. The third-order valence-corrected chi connectivity index (χ3v) is 5.19. The number of hydrogen-bond acceptors (Lipinski definition) is 5. The molecule has 1 aromatic carbocycles. The molecule has 1 heterocycles. The topological polar surface area (TPSA) is 113 Å². The summed E-state index contributed by atoms with van der Waals surface area (Å²) in [5, 5.41) is 23.3. The van der Waals surface area contributed by atoms with E-state index in [2.05, 4.69) is 5.32 Å². The minimum absolute atomic E-state index is 0.0325. The van der Waals surface area contributed by atoms with Crippen molar-refractivity contribution in [2.45, 2.75) is 44.2 Å². The minimum Gasteiger partial charge on any atom is -0.480 e. The summed E-state index contributed by atoms with van der Waals surface area (Å²) in [5.41, 5.74) is 0.147. The number of amides is 1. The van der Waals surface area contributed by atoms with Crippen LogP contribution in [0.5, 0.6) is 0 Å². The molecule has 25 heavy (non-hydrogen) atoms. The number of carbonyl (C=O) groups excluding carboxylic acids is 1. The molecule has 0 aromatic heterocycles. The van der Waals surface area contributed by atoms with Gasteiger partial charge in [-0.1, -0.05) is 25.0 Å². The lowest BCUT2D eigenvalue weighted by molar-refractivity contribution is -0.383. The Hall–Kier alpha value is -2.64. The van der Waals surface area contributed by atoms with E-state index in [-0.39, 0.29) is 35.8 Å². The lowest BCUT2D eigenvalue weighted by Crippen LogP contribution is -2.48. The van der Waals surface area contributed by atoms with Crippen molar-refractivity contribution in [1.29, 1.82) is 0 Å². The molecule has 3 rings (SSSR count). The first kappa shape index (κ1) is 17.2. The highest BCUT2D eigenvalue weighted by Gasteiger charge is 2.47. The average Bonchev–Trinajstić information content (AvgIpc) is 2.99. The Bertz CT molecular complexity index is 693. The Kier molecular flexibility index (Phi) is 4.87. The number of nitro groups is 1. The molecule has 3 atom stereocenters. The number of fused-ring (bicyclic) bond motifs is 1. The quantitative estimate of drug-likeness (QED) is 0.624. The van der Waals surface area contributed by atoms with Gasteiger partial charge in [0.15, 0.2) is 0 Å². The van der Waals surface area contributed by atoms with Crippen LogP contribution >= 0.6 is 0 Å². The van der Waals surface area contributed by atoms with Crippen molar-refractivity contribution in [1.82, 2.24) is 4.90 Å². The maximum Gasteiger partial charge on any atom is 0.326 e. The monoisotopic (exact) mass is 347 g/mol. The van der Waals surface area contributed by atoms with Crippen molar-refractivity contribution >= 4 is 23.3 Å². The minimum atomic E-state index is -0.978. The van der Waals surface area contributed by atoms with Crippen molar-refractivity contribution in [2.75, 3.05) is 11.9 Å². The summed E-state index contributed by atoms with van der Waals surface area (Å²) in [4.78, 5) is 36.3. The van der Waals surface area contributed by atoms with Crippen LogP contribution in [-0.2, 0) is 9.59 Å². The average molecular weight is 347 g/mol. The molecule has 2 N–H and O–H groups in total. The maximum atomic E-state index is 12.7. The highest BCUT2D eigenvalue weighted by molar-refractivity contribution is 5.87. The summed E-state index contributed by atoms with van der Waals surface area (Å²) in [5.74, 6) is -1.06. The van der Waals surface area contributed by atoms with Crippen molar-refractivity contribution in [3.05, 3.63) is 34.4 Å². The van der Waals surface area contributed by atoms with Crippen molar-refractivity contribution in [3.63, 3.8) is 0 Å². The fraction of sp³-hybridized carbons (Fsp3) is 0.529. The number of nitrogens with one attached hydrogen (secondary N) is 1. The van der Waals surface area contributed by atoms with E-state index in [9.17, 15) is 24.8 Å². The number of carbonyl (C=O) groups is 2. The fourth-order valence-corrected chi connectivity index (χ4v) is 4.08. The van der Waals surface area contributed by atoms with Gasteiger partial charge >= 0.3 is 5.97 Å². The molecule has 0 radical (unpaired) electrons. The van der Waals surface area contributed by atoms with Crippen LogP contribution in [-0.4, -0.2) is 45.4 Å². The number of anilines is 1. The second-order valence-corrected chi connectivity index (χ2v) is 6.63. The smallest absolute Gasteiger partial charge is 0.326 e. The van der Waals surface area contributed by atoms with Crippen molar-refractivity contribution < 1.29 is 19.6 Å². The summed E-state index contributed by atoms with van der Waals surface area (Å²) >= 11 is 0. The van der Waals surface area contributed by atoms with Crippen LogP contribution in [0.1, 0.15) is 32.1 Å². The first-order valence-corrected chi connectivity index (χ1v) is 8.50. The molecule has 1 saturated heterocycles. The van der Waals surface area contributed by atoms with E-state index >= 15 is 0 Å². The Morgan fingerprint density at radius 2 is 2.00 bits per heavy atom. The van der Waals surface area contributed by atoms with E-state index in [0.29, 0.717) is 6.42 Å². The van der Waals surface area contributed by atoms with Crippen LogP contribution in [0.2, 0.25) is 0 Å². The van der Waals surface area contributed by atoms with Gasteiger partial charge in [-0.25, -0.2) is 4.79 Å². The summed E-state index contributed by atoms with van der Waals surface area (Å²) in [7, 11) is 0. The molecule has 1 saturated carbocycles. The first-order chi connectivity index (χ1) is 12.0. The molecule has 1 amide bonds. The Morgan fingerprint density at radius 1 is 1.28 bits per heavy atom. The van der Waals surface area contributed by atoms with Crippen LogP contribution in [0.25, 0.3) is 0 Å². The molecule has 8 heteroatoms. The predicted molar refractivity (Wildman–Crippen MR) is 90.2 cm³/mol. The molecule has 1 aromatic rings. The van der Waals surface area contributed by atoms with Crippen molar-refractivity contribution in [2.24, 2.45) is 5.92 Å². The van der Waals surface area contributed by atoms with Crippen LogP contribution in [0.15, 0.2) is 24.3 Å². The van der Waals surface area contributed by atoms with Crippen LogP contribution in [0.3, 0.4) is 0 Å². The molecule has 0 spiro atoms. The van der Waals surface area contributed by atoms with E-state index < -0.39 is 16.9 Å².